The van der Waals surface area contributed by atoms with Crippen LogP contribution in [0.15, 0.2) is 18.5 Å². The summed E-state index contributed by atoms with van der Waals surface area (Å²) in [6, 6.07) is 1.99. The van der Waals surface area contributed by atoms with E-state index in [1.54, 1.807) is 0 Å². The second-order valence-corrected chi connectivity index (χ2v) is 3.05. The second kappa shape index (κ2) is 5.44. The van der Waals surface area contributed by atoms with Crippen LogP contribution in [0.2, 0.25) is 0 Å². The van der Waals surface area contributed by atoms with Crippen molar-refractivity contribution in [1.82, 2.24) is 9.88 Å². The predicted molar refractivity (Wildman–Crippen MR) is 53.8 cm³/mol. The number of methoxy groups -OCH3 is 1. The van der Waals surface area contributed by atoms with Gasteiger partial charge in [0.15, 0.2) is 0 Å². The van der Waals surface area contributed by atoms with E-state index in [9.17, 15) is 4.79 Å². The number of nitrogens with zero attached hydrogens (tertiary/aromatic N) is 1. The first kappa shape index (κ1) is 10.8. The van der Waals surface area contributed by atoms with E-state index in [0.717, 1.165) is 13.1 Å². The molecule has 0 bridgehead atoms. The minimum atomic E-state index is -0.226. The molecule has 14 heavy (non-hydrogen) atoms. The van der Waals surface area contributed by atoms with Gasteiger partial charge in [-0.3, -0.25) is 4.79 Å². The maximum Gasteiger partial charge on any atom is 0.325 e. The predicted octanol–water partition coefficient (Wildman–Crippen LogP) is 0.771. The van der Waals surface area contributed by atoms with E-state index in [-0.39, 0.29) is 12.5 Å². The normalized spacial score (nSPS) is 10.1. The van der Waals surface area contributed by atoms with Crippen molar-refractivity contribution in [3.63, 3.8) is 0 Å². The highest BCUT2D eigenvalue weighted by Gasteiger charge is 2.01. The number of nitrogens with one attached hydrogen (secondary N) is 1. The molecule has 0 aliphatic rings. The lowest BCUT2D eigenvalue weighted by atomic mass is 10.3. The number of rotatable bonds is 5. The van der Waals surface area contributed by atoms with Crippen LogP contribution in [-0.4, -0.2) is 24.2 Å². The number of hydrogen-bond acceptors (Lipinski definition) is 3. The van der Waals surface area contributed by atoms with E-state index >= 15 is 0 Å². The highest BCUT2D eigenvalue weighted by molar-refractivity contribution is 5.68. The quantitative estimate of drug-likeness (QED) is 0.707. The SMILES string of the molecule is CCNCc1ccn(CC(=O)OC)c1. The summed E-state index contributed by atoms with van der Waals surface area (Å²) in [5.74, 6) is -0.226. The number of aromatic nitrogens is 1. The molecule has 0 amide bonds. The Bertz CT molecular complexity index is 294. The Balaban J connectivity index is 2.46. The average molecular weight is 196 g/mol. The molecule has 0 aliphatic heterocycles. The molecule has 0 spiro atoms. The lowest BCUT2D eigenvalue weighted by molar-refractivity contribution is -0.141. The van der Waals surface area contributed by atoms with Gasteiger partial charge in [0.05, 0.1) is 7.11 Å². The first-order valence-corrected chi connectivity index (χ1v) is 4.68. The highest BCUT2D eigenvalue weighted by Crippen LogP contribution is 2.00. The van der Waals surface area contributed by atoms with Crippen LogP contribution in [0, 0.1) is 0 Å². The monoisotopic (exact) mass is 196 g/mol. The van der Waals surface area contributed by atoms with Crippen molar-refractivity contribution in [3.8, 4) is 0 Å². The fraction of sp³-hybridized carbons (Fsp3) is 0.500. The van der Waals surface area contributed by atoms with Crippen LogP contribution in [0.1, 0.15) is 12.5 Å². The molecule has 1 aromatic rings. The molecule has 0 atom stereocenters. The van der Waals surface area contributed by atoms with Crippen LogP contribution in [-0.2, 0) is 22.6 Å². The number of carbonyl (C=O) groups is 1. The summed E-state index contributed by atoms with van der Waals surface area (Å²) in [5, 5.41) is 3.22. The molecule has 78 valence electrons. The summed E-state index contributed by atoms with van der Waals surface area (Å²) in [6.45, 7) is 4.13. The van der Waals surface area contributed by atoms with Gasteiger partial charge < -0.3 is 14.6 Å². The average Bonchev–Trinajstić information content (AvgIpc) is 2.62. The molecule has 0 unspecified atom stereocenters. The lowest BCUT2D eigenvalue weighted by Gasteiger charge is -2.00. The van der Waals surface area contributed by atoms with Crippen molar-refractivity contribution in [2.45, 2.75) is 20.0 Å². The Morgan fingerprint density at radius 3 is 3.07 bits per heavy atom. The molecule has 0 fully saturated rings. The Kier molecular flexibility index (Phi) is 4.19. The van der Waals surface area contributed by atoms with Gasteiger partial charge in [-0.05, 0) is 18.2 Å². The zero-order valence-corrected chi connectivity index (χ0v) is 8.62. The van der Waals surface area contributed by atoms with Crippen molar-refractivity contribution < 1.29 is 9.53 Å². The largest absolute Gasteiger partial charge is 0.468 e. The lowest BCUT2D eigenvalue weighted by Crippen LogP contribution is -2.12. The van der Waals surface area contributed by atoms with Crippen LogP contribution in [0.5, 0.6) is 0 Å². The molecular weight excluding hydrogens is 180 g/mol. The summed E-state index contributed by atoms with van der Waals surface area (Å²) in [6.07, 6.45) is 3.82. The Hall–Kier alpha value is -1.29. The molecule has 0 saturated heterocycles. The number of hydrogen-bond donors (Lipinski definition) is 1. The molecule has 0 aromatic carbocycles. The van der Waals surface area contributed by atoms with Crippen LogP contribution < -0.4 is 5.32 Å². The zero-order chi connectivity index (χ0) is 10.4. The molecule has 1 N–H and O–H groups in total. The minimum absolute atomic E-state index is 0.226. The summed E-state index contributed by atoms with van der Waals surface area (Å²) < 4.78 is 6.39. The van der Waals surface area contributed by atoms with Gasteiger partial charge in [0, 0.05) is 18.9 Å². The maximum absolute atomic E-state index is 10.9. The summed E-state index contributed by atoms with van der Waals surface area (Å²) in [5.41, 5.74) is 1.18. The molecule has 1 heterocycles. The van der Waals surface area contributed by atoms with E-state index in [1.807, 2.05) is 23.0 Å². The first-order valence-electron chi connectivity index (χ1n) is 4.68. The van der Waals surface area contributed by atoms with Crippen LogP contribution in [0.4, 0.5) is 0 Å². The third kappa shape index (κ3) is 3.22. The standard InChI is InChI=1S/C10H16N2O2/c1-3-11-6-9-4-5-12(7-9)8-10(13)14-2/h4-5,7,11H,3,6,8H2,1-2H3. The zero-order valence-electron chi connectivity index (χ0n) is 8.62. The highest BCUT2D eigenvalue weighted by atomic mass is 16.5. The van der Waals surface area contributed by atoms with Gasteiger partial charge in [0.2, 0.25) is 0 Å². The van der Waals surface area contributed by atoms with Crippen molar-refractivity contribution in [2.24, 2.45) is 0 Å². The smallest absolute Gasteiger partial charge is 0.325 e. The third-order valence-electron chi connectivity index (χ3n) is 1.93. The van der Waals surface area contributed by atoms with E-state index in [1.165, 1.54) is 12.7 Å². The van der Waals surface area contributed by atoms with Gasteiger partial charge in [0.25, 0.3) is 0 Å². The Labute approximate surface area is 83.9 Å². The molecule has 4 nitrogen and oxygen atoms in total. The fourth-order valence-corrected chi connectivity index (χ4v) is 1.18. The van der Waals surface area contributed by atoms with Crippen molar-refractivity contribution >= 4 is 5.97 Å². The Morgan fingerprint density at radius 1 is 1.64 bits per heavy atom. The number of esters is 1. The van der Waals surface area contributed by atoms with Gasteiger partial charge >= 0.3 is 5.97 Å². The van der Waals surface area contributed by atoms with Crippen molar-refractivity contribution in [1.29, 1.82) is 0 Å². The second-order valence-electron chi connectivity index (χ2n) is 3.05. The van der Waals surface area contributed by atoms with Gasteiger partial charge in [0.1, 0.15) is 6.54 Å². The summed E-state index contributed by atoms with van der Waals surface area (Å²) in [4.78, 5) is 10.9. The van der Waals surface area contributed by atoms with E-state index in [4.69, 9.17) is 0 Å². The van der Waals surface area contributed by atoms with E-state index < -0.39 is 0 Å². The topological polar surface area (TPSA) is 43.3 Å². The molecule has 1 rings (SSSR count). The van der Waals surface area contributed by atoms with Gasteiger partial charge in [-0.2, -0.15) is 0 Å². The minimum Gasteiger partial charge on any atom is -0.468 e. The van der Waals surface area contributed by atoms with Crippen molar-refractivity contribution in [3.05, 3.63) is 24.0 Å². The fourth-order valence-electron chi connectivity index (χ4n) is 1.18. The van der Waals surface area contributed by atoms with Crippen LogP contribution >= 0.6 is 0 Å². The third-order valence-corrected chi connectivity index (χ3v) is 1.93. The molecule has 0 radical (unpaired) electrons. The molecule has 0 saturated carbocycles. The van der Waals surface area contributed by atoms with E-state index in [2.05, 4.69) is 17.0 Å². The van der Waals surface area contributed by atoms with Gasteiger partial charge in [-0.25, -0.2) is 0 Å². The Morgan fingerprint density at radius 2 is 2.43 bits per heavy atom. The molecule has 1 aromatic heterocycles. The molecule has 4 heteroatoms. The van der Waals surface area contributed by atoms with E-state index in [0.29, 0.717) is 0 Å². The number of ether oxygens (including phenoxy) is 1. The summed E-state index contributed by atoms with van der Waals surface area (Å²) in [7, 11) is 1.39. The molecule has 0 aliphatic carbocycles. The first-order chi connectivity index (χ1) is 6.76. The van der Waals surface area contributed by atoms with Crippen molar-refractivity contribution in [2.75, 3.05) is 13.7 Å². The van der Waals surface area contributed by atoms with Gasteiger partial charge in [-0.1, -0.05) is 6.92 Å². The molecular formula is C10H16N2O2. The van der Waals surface area contributed by atoms with Gasteiger partial charge in [-0.15, -0.1) is 0 Å². The maximum atomic E-state index is 10.9. The summed E-state index contributed by atoms with van der Waals surface area (Å²) >= 11 is 0. The van der Waals surface area contributed by atoms with Crippen LogP contribution in [0.3, 0.4) is 0 Å². The number of carbonyl (C=O) groups excluding carboxylic acids is 1. The van der Waals surface area contributed by atoms with Crippen LogP contribution in [0.25, 0.3) is 0 Å².